The monoisotopic (exact) mass is 268 g/mol. The Hall–Kier alpha value is -0.0800. The zero-order chi connectivity index (χ0) is 14.3. The minimum Gasteiger partial charge on any atom is -0.316 e. The standard InChI is InChI=1S/C17H36N2/c1-6-16-10-8-9-11-19(16)14-17(5,7-2)13-18-12-15(3)4/h15-16,18H,6-14H2,1-5H3. The summed E-state index contributed by atoms with van der Waals surface area (Å²) in [6.45, 7) is 16.6. The van der Waals surface area contributed by atoms with Crippen molar-refractivity contribution in [2.75, 3.05) is 26.2 Å². The van der Waals surface area contributed by atoms with E-state index in [2.05, 4.69) is 44.8 Å². The van der Waals surface area contributed by atoms with Gasteiger partial charge in [0.1, 0.15) is 0 Å². The minimum absolute atomic E-state index is 0.430. The van der Waals surface area contributed by atoms with Crippen molar-refractivity contribution in [2.45, 2.75) is 72.8 Å². The Morgan fingerprint density at radius 1 is 1.26 bits per heavy atom. The SMILES string of the molecule is CCC1CCCCN1CC(C)(CC)CNCC(C)C. The van der Waals surface area contributed by atoms with E-state index in [0.29, 0.717) is 5.41 Å². The summed E-state index contributed by atoms with van der Waals surface area (Å²) in [7, 11) is 0. The highest BCUT2D eigenvalue weighted by Gasteiger charge is 2.29. The summed E-state index contributed by atoms with van der Waals surface area (Å²) in [6, 6.07) is 0.838. The molecule has 0 aromatic rings. The summed E-state index contributed by atoms with van der Waals surface area (Å²) in [4.78, 5) is 2.77. The fourth-order valence-corrected chi connectivity index (χ4v) is 3.18. The molecule has 1 saturated heterocycles. The van der Waals surface area contributed by atoms with Gasteiger partial charge in [-0.3, -0.25) is 4.90 Å². The normalized spacial score (nSPS) is 24.6. The van der Waals surface area contributed by atoms with Crippen molar-refractivity contribution in [2.24, 2.45) is 11.3 Å². The summed E-state index contributed by atoms with van der Waals surface area (Å²) in [6.07, 6.45) is 6.83. The molecule has 19 heavy (non-hydrogen) atoms. The van der Waals surface area contributed by atoms with Crippen LogP contribution in [-0.2, 0) is 0 Å². The van der Waals surface area contributed by atoms with Crippen LogP contribution in [0, 0.1) is 11.3 Å². The van der Waals surface area contributed by atoms with E-state index in [9.17, 15) is 0 Å². The summed E-state index contributed by atoms with van der Waals surface area (Å²) in [5, 5.41) is 3.67. The lowest BCUT2D eigenvalue weighted by Crippen LogP contribution is -2.48. The van der Waals surface area contributed by atoms with E-state index in [-0.39, 0.29) is 0 Å². The van der Waals surface area contributed by atoms with Crippen LogP contribution < -0.4 is 5.32 Å². The fourth-order valence-electron chi connectivity index (χ4n) is 3.18. The van der Waals surface area contributed by atoms with Gasteiger partial charge in [0.05, 0.1) is 0 Å². The van der Waals surface area contributed by atoms with Crippen LogP contribution in [0.25, 0.3) is 0 Å². The Bertz CT molecular complexity index is 239. The van der Waals surface area contributed by atoms with E-state index in [1.54, 1.807) is 0 Å². The highest BCUT2D eigenvalue weighted by Crippen LogP contribution is 2.27. The van der Waals surface area contributed by atoms with E-state index in [1.807, 2.05) is 0 Å². The topological polar surface area (TPSA) is 15.3 Å². The number of piperidine rings is 1. The molecule has 2 atom stereocenters. The molecule has 0 amide bonds. The molecule has 2 heteroatoms. The maximum absolute atomic E-state index is 3.67. The molecule has 1 fully saturated rings. The minimum atomic E-state index is 0.430. The van der Waals surface area contributed by atoms with Gasteiger partial charge in [-0.15, -0.1) is 0 Å². The zero-order valence-corrected chi connectivity index (χ0v) is 14.0. The maximum Gasteiger partial charge on any atom is 0.00928 e. The molecule has 1 N–H and O–H groups in total. The van der Waals surface area contributed by atoms with Crippen LogP contribution in [0.4, 0.5) is 0 Å². The number of nitrogens with one attached hydrogen (secondary N) is 1. The first-order valence-corrected chi connectivity index (χ1v) is 8.45. The van der Waals surface area contributed by atoms with Crippen LogP contribution in [0.1, 0.15) is 66.7 Å². The predicted octanol–water partition coefficient (Wildman–Crippen LogP) is 3.91. The first-order chi connectivity index (χ1) is 9.00. The lowest BCUT2D eigenvalue weighted by Gasteiger charge is -2.41. The molecule has 2 nitrogen and oxygen atoms in total. The van der Waals surface area contributed by atoms with Gasteiger partial charge in [-0.1, -0.05) is 41.0 Å². The van der Waals surface area contributed by atoms with Crippen LogP contribution in [-0.4, -0.2) is 37.1 Å². The van der Waals surface area contributed by atoms with Gasteiger partial charge in [0.15, 0.2) is 0 Å². The zero-order valence-electron chi connectivity index (χ0n) is 14.0. The smallest absolute Gasteiger partial charge is 0.00928 e. The average Bonchev–Trinajstić information content (AvgIpc) is 2.39. The second-order valence-corrected chi connectivity index (χ2v) is 7.22. The highest BCUT2D eigenvalue weighted by molar-refractivity contribution is 4.84. The van der Waals surface area contributed by atoms with Crippen LogP contribution in [0.5, 0.6) is 0 Å². The Morgan fingerprint density at radius 2 is 2.00 bits per heavy atom. The predicted molar refractivity (Wildman–Crippen MR) is 85.6 cm³/mol. The first-order valence-electron chi connectivity index (χ1n) is 8.45. The molecule has 1 heterocycles. The van der Waals surface area contributed by atoms with Gasteiger partial charge < -0.3 is 5.32 Å². The largest absolute Gasteiger partial charge is 0.316 e. The van der Waals surface area contributed by atoms with Crippen LogP contribution in [0.15, 0.2) is 0 Å². The van der Waals surface area contributed by atoms with Gasteiger partial charge >= 0.3 is 0 Å². The molecule has 1 aliphatic heterocycles. The molecule has 114 valence electrons. The van der Waals surface area contributed by atoms with E-state index in [1.165, 1.54) is 45.2 Å². The number of nitrogens with zero attached hydrogens (tertiary/aromatic N) is 1. The van der Waals surface area contributed by atoms with E-state index < -0.39 is 0 Å². The molecule has 0 spiro atoms. The van der Waals surface area contributed by atoms with Gasteiger partial charge in [-0.25, -0.2) is 0 Å². The van der Waals surface area contributed by atoms with Crippen molar-refractivity contribution < 1.29 is 0 Å². The van der Waals surface area contributed by atoms with Crippen molar-refractivity contribution in [3.8, 4) is 0 Å². The second-order valence-electron chi connectivity index (χ2n) is 7.22. The van der Waals surface area contributed by atoms with Gasteiger partial charge in [0.2, 0.25) is 0 Å². The fraction of sp³-hybridized carbons (Fsp3) is 1.00. The summed E-state index contributed by atoms with van der Waals surface area (Å²) in [5.74, 6) is 0.750. The van der Waals surface area contributed by atoms with Gasteiger partial charge in [0.25, 0.3) is 0 Å². The van der Waals surface area contributed by atoms with Gasteiger partial charge in [0, 0.05) is 19.1 Å². The summed E-state index contributed by atoms with van der Waals surface area (Å²) >= 11 is 0. The number of likely N-dealkylation sites (tertiary alicyclic amines) is 1. The van der Waals surface area contributed by atoms with Crippen molar-refractivity contribution >= 4 is 0 Å². The average molecular weight is 268 g/mol. The Kier molecular flexibility index (Phi) is 7.38. The summed E-state index contributed by atoms with van der Waals surface area (Å²) in [5.41, 5.74) is 0.430. The van der Waals surface area contributed by atoms with Crippen molar-refractivity contribution in [1.82, 2.24) is 10.2 Å². The van der Waals surface area contributed by atoms with Crippen LogP contribution in [0.2, 0.25) is 0 Å². The molecule has 0 saturated carbocycles. The maximum atomic E-state index is 3.67. The molecular formula is C17H36N2. The molecule has 0 bridgehead atoms. The second kappa shape index (κ2) is 8.26. The number of rotatable bonds is 8. The third-order valence-electron chi connectivity index (χ3n) is 4.76. The molecule has 0 radical (unpaired) electrons. The quantitative estimate of drug-likeness (QED) is 0.718. The van der Waals surface area contributed by atoms with E-state index >= 15 is 0 Å². The van der Waals surface area contributed by atoms with Crippen molar-refractivity contribution in [1.29, 1.82) is 0 Å². The summed E-state index contributed by atoms with van der Waals surface area (Å²) < 4.78 is 0. The van der Waals surface area contributed by atoms with Crippen molar-refractivity contribution in [3.05, 3.63) is 0 Å². The van der Waals surface area contributed by atoms with Gasteiger partial charge in [-0.05, 0) is 50.1 Å². The molecule has 0 aliphatic carbocycles. The van der Waals surface area contributed by atoms with Crippen LogP contribution in [0.3, 0.4) is 0 Å². The lowest BCUT2D eigenvalue weighted by molar-refractivity contribution is 0.0823. The van der Waals surface area contributed by atoms with E-state index in [4.69, 9.17) is 0 Å². The van der Waals surface area contributed by atoms with Gasteiger partial charge in [-0.2, -0.15) is 0 Å². The molecule has 0 aromatic heterocycles. The highest BCUT2D eigenvalue weighted by atomic mass is 15.2. The number of hydrogen-bond donors (Lipinski definition) is 1. The molecule has 2 unspecified atom stereocenters. The van der Waals surface area contributed by atoms with Crippen molar-refractivity contribution in [3.63, 3.8) is 0 Å². The Labute approximate surface area is 121 Å². The molecule has 1 rings (SSSR count). The number of hydrogen-bond acceptors (Lipinski definition) is 2. The first kappa shape index (κ1) is 17.0. The Morgan fingerprint density at radius 3 is 2.58 bits per heavy atom. The third-order valence-corrected chi connectivity index (χ3v) is 4.76. The molecule has 1 aliphatic rings. The van der Waals surface area contributed by atoms with Crippen LogP contribution >= 0.6 is 0 Å². The Balaban J connectivity index is 2.48. The lowest BCUT2D eigenvalue weighted by atomic mass is 9.85. The molecular weight excluding hydrogens is 232 g/mol. The van der Waals surface area contributed by atoms with E-state index in [0.717, 1.165) is 25.0 Å². The molecule has 0 aromatic carbocycles. The third kappa shape index (κ3) is 5.83.